The maximum Gasteiger partial charge on any atom is 0.277 e. The molecular weight excluding hydrogens is 264 g/mol. The fraction of sp³-hybridized carbons (Fsp3) is 0.250. The van der Waals surface area contributed by atoms with Crippen molar-refractivity contribution in [2.75, 3.05) is 21.1 Å². The predicted molar refractivity (Wildman–Crippen MR) is 84.9 cm³/mol. The zero-order valence-corrected chi connectivity index (χ0v) is 12.6. The molecule has 0 bridgehead atoms. The normalized spacial score (nSPS) is 19.5. The quantitative estimate of drug-likeness (QED) is 0.815. The summed E-state index contributed by atoms with van der Waals surface area (Å²) in [5.74, 6) is 0.612. The lowest BCUT2D eigenvalue weighted by atomic mass is 10.1. The molecule has 1 aliphatic heterocycles. The molecule has 5 nitrogen and oxygen atoms in total. The van der Waals surface area contributed by atoms with Gasteiger partial charge < -0.3 is 9.88 Å². The van der Waals surface area contributed by atoms with Crippen molar-refractivity contribution < 1.29 is 4.79 Å². The van der Waals surface area contributed by atoms with E-state index in [1.165, 1.54) is 5.56 Å². The fourth-order valence-corrected chi connectivity index (χ4v) is 2.73. The molecule has 3 rings (SSSR count). The Labute approximate surface area is 123 Å². The first-order chi connectivity index (χ1) is 10.0. The molecule has 0 saturated carbocycles. The van der Waals surface area contributed by atoms with Crippen molar-refractivity contribution in [3.05, 3.63) is 41.2 Å². The van der Waals surface area contributed by atoms with Crippen LogP contribution in [0.4, 0.5) is 0 Å². The Morgan fingerprint density at radius 2 is 2.00 bits per heavy atom. The summed E-state index contributed by atoms with van der Waals surface area (Å²) in [4.78, 5) is 23.1. The van der Waals surface area contributed by atoms with Crippen LogP contribution in [0.15, 0.2) is 35.1 Å². The van der Waals surface area contributed by atoms with Gasteiger partial charge in [0.2, 0.25) is 5.96 Å². The number of nitrogens with one attached hydrogen (secondary N) is 1. The Morgan fingerprint density at radius 1 is 1.24 bits per heavy atom. The number of nitrogens with zero attached hydrogens (tertiary/aromatic N) is 3. The maximum atomic E-state index is 12.3. The number of hydrogen-bond donors (Lipinski definition) is 1. The first-order valence-corrected chi connectivity index (χ1v) is 6.81. The van der Waals surface area contributed by atoms with Gasteiger partial charge in [-0.05, 0) is 24.6 Å². The average molecular weight is 282 g/mol. The minimum Gasteiger partial charge on any atom is -0.361 e. The molecule has 108 valence electrons. The predicted octanol–water partition coefficient (Wildman–Crippen LogP) is 2.21. The fourth-order valence-electron chi connectivity index (χ4n) is 2.73. The van der Waals surface area contributed by atoms with Crippen LogP contribution in [0.2, 0.25) is 0 Å². The van der Waals surface area contributed by atoms with Crippen LogP contribution >= 0.6 is 0 Å². The SMILES string of the molecule is C/N=C1\N(C)C(=O)/C(=C\c2c[nH]c3cc(C)ccc23)N1C. The molecule has 5 heteroatoms. The number of aryl methyl sites for hydroxylation is 1. The Kier molecular flexibility index (Phi) is 3.05. The van der Waals surface area contributed by atoms with Gasteiger partial charge in [0.15, 0.2) is 0 Å². The second-order valence-electron chi connectivity index (χ2n) is 5.27. The van der Waals surface area contributed by atoms with E-state index in [9.17, 15) is 4.79 Å². The third-order valence-corrected chi connectivity index (χ3v) is 3.85. The van der Waals surface area contributed by atoms with E-state index < -0.39 is 0 Å². The van der Waals surface area contributed by atoms with Crippen molar-refractivity contribution in [1.82, 2.24) is 14.8 Å². The minimum absolute atomic E-state index is 0.0421. The number of carbonyl (C=O) groups is 1. The lowest BCUT2D eigenvalue weighted by Gasteiger charge is -2.12. The van der Waals surface area contributed by atoms with Gasteiger partial charge in [-0.15, -0.1) is 0 Å². The molecule has 1 N–H and O–H groups in total. The van der Waals surface area contributed by atoms with Crippen molar-refractivity contribution in [3.8, 4) is 0 Å². The zero-order valence-electron chi connectivity index (χ0n) is 12.6. The van der Waals surface area contributed by atoms with Gasteiger partial charge in [-0.25, -0.2) is 0 Å². The van der Waals surface area contributed by atoms with Gasteiger partial charge in [-0.3, -0.25) is 14.7 Å². The second-order valence-corrected chi connectivity index (χ2v) is 5.27. The first kappa shape index (κ1) is 13.4. The molecule has 1 saturated heterocycles. The lowest BCUT2D eigenvalue weighted by Crippen LogP contribution is -2.29. The molecule has 1 aliphatic rings. The number of H-pyrrole nitrogens is 1. The van der Waals surface area contributed by atoms with E-state index >= 15 is 0 Å². The van der Waals surface area contributed by atoms with Crippen LogP contribution in [0, 0.1) is 6.92 Å². The Morgan fingerprint density at radius 3 is 2.67 bits per heavy atom. The highest BCUT2D eigenvalue weighted by Gasteiger charge is 2.33. The molecule has 21 heavy (non-hydrogen) atoms. The number of benzene rings is 1. The highest BCUT2D eigenvalue weighted by Crippen LogP contribution is 2.25. The van der Waals surface area contributed by atoms with E-state index in [1.807, 2.05) is 24.2 Å². The summed E-state index contributed by atoms with van der Waals surface area (Å²) < 4.78 is 0. The van der Waals surface area contributed by atoms with Crippen LogP contribution in [0.1, 0.15) is 11.1 Å². The molecule has 1 fully saturated rings. The monoisotopic (exact) mass is 282 g/mol. The average Bonchev–Trinajstić information content (AvgIpc) is 2.94. The molecule has 1 amide bonds. The van der Waals surface area contributed by atoms with E-state index in [0.29, 0.717) is 11.7 Å². The van der Waals surface area contributed by atoms with E-state index in [2.05, 4.69) is 35.1 Å². The molecule has 0 radical (unpaired) electrons. The van der Waals surface area contributed by atoms with E-state index in [4.69, 9.17) is 0 Å². The highest BCUT2D eigenvalue weighted by molar-refractivity contribution is 6.15. The highest BCUT2D eigenvalue weighted by atomic mass is 16.2. The minimum atomic E-state index is -0.0421. The summed E-state index contributed by atoms with van der Waals surface area (Å²) in [7, 11) is 5.28. The van der Waals surface area contributed by atoms with Gasteiger partial charge in [0, 0.05) is 43.8 Å². The van der Waals surface area contributed by atoms with Crippen LogP contribution in [0.25, 0.3) is 17.0 Å². The number of guanidine groups is 1. The molecule has 0 atom stereocenters. The number of aliphatic imine (C=N–C) groups is 1. The standard InChI is InChI=1S/C16H18N4O/c1-10-5-6-12-11(9-18-13(12)7-10)8-14-15(21)20(4)16(17-2)19(14)3/h5-9,18H,1-4H3/b14-8+,17-16-. The van der Waals surface area contributed by atoms with Crippen LogP contribution in [-0.4, -0.2) is 47.8 Å². The Bertz CT molecular complexity index is 785. The van der Waals surface area contributed by atoms with Crippen LogP contribution in [-0.2, 0) is 4.79 Å². The summed E-state index contributed by atoms with van der Waals surface area (Å²) in [6.07, 6.45) is 3.84. The molecule has 0 unspecified atom stereocenters. The number of hydrogen-bond acceptors (Lipinski definition) is 2. The molecule has 2 heterocycles. The number of likely N-dealkylation sites (N-methyl/N-ethyl adjacent to an activating group) is 2. The van der Waals surface area contributed by atoms with E-state index in [0.717, 1.165) is 16.5 Å². The van der Waals surface area contributed by atoms with Crippen molar-refractivity contribution in [3.63, 3.8) is 0 Å². The largest absolute Gasteiger partial charge is 0.361 e. The van der Waals surface area contributed by atoms with Gasteiger partial charge >= 0.3 is 0 Å². The number of aromatic nitrogens is 1. The van der Waals surface area contributed by atoms with Crippen molar-refractivity contribution >= 4 is 28.8 Å². The Hall–Kier alpha value is -2.56. The number of rotatable bonds is 1. The molecule has 0 aliphatic carbocycles. The van der Waals surface area contributed by atoms with Gasteiger partial charge in [0.1, 0.15) is 5.70 Å². The summed E-state index contributed by atoms with van der Waals surface area (Å²) in [6.45, 7) is 2.06. The van der Waals surface area contributed by atoms with Crippen LogP contribution in [0.5, 0.6) is 0 Å². The second kappa shape index (κ2) is 4.77. The third kappa shape index (κ3) is 2.01. The third-order valence-electron chi connectivity index (χ3n) is 3.85. The van der Waals surface area contributed by atoms with Gasteiger partial charge in [0.05, 0.1) is 0 Å². The number of carbonyl (C=O) groups excluding carboxylic acids is 1. The Balaban J connectivity index is 2.10. The van der Waals surface area contributed by atoms with E-state index in [1.54, 1.807) is 19.0 Å². The van der Waals surface area contributed by atoms with Crippen LogP contribution < -0.4 is 0 Å². The topological polar surface area (TPSA) is 51.7 Å². The summed E-state index contributed by atoms with van der Waals surface area (Å²) in [6, 6.07) is 6.25. The molecule has 1 aromatic heterocycles. The van der Waals surface area contributed by atoms with Gasteiger partial charge in [0.25, 0.3) is 5.91 Å². The lowest BCUT2D eigenvalue weighted by molar-refractivity contribution is -0.121. The molecule has 0 spiro atoms. The van der Waals surface area contributed by atoms with E-state index in [-0.39, 0.29) is 5.91 Å². The smallest absolute Gasteiger partial charge is 0.277 e. The van der Waals surface area contributed by atoms with Crippen molar-refractivity contribution in [2.45, 2.75) is 6.92 Å². The summed E-state index contributed by atoms with van der Waals surface area (Å²) in [5.41, 5.74) is 3.91. The first-order valence-electron chi connectivity index (χ1n) is 6.81. The number of amides is 1. The van der Waals surface area contributed by atoms with Crippen molar-refractivity contribution in [1.29, 1.82) is 0 Å². The summed E-state index contributed by atoms with van der Waals surface area (Å²) >= 11 is 0. The van der Waals surface area contributed by atoms with Crippen LogP contribution in [0.3, 0.4) is 0 Å². The number of fused-ring (bicyclic) bond motifs is 1. The number of aromatic amines is 1. The molecule has 1 aromatic carbocycles. The van der Waals surface area contributed by atoms with Gasteiger partial charge in [-0.2, -0.15) is 0 Å². The maximum absolute atomic E-state index is 12.3. The zero-order chi connectivity index (χ0) is 15.1. The molecular formula is C16H18N4O. The summed E-state index contributed by atoms with van der Waals surface area (Å²) in [5, 5.41) is 1.11. The van der Waals surface area contributed by atoms with Crippen molar-refractivity contribution in [2.24, 2.45) is 4.99 Å². The van der Waals surface area contributed by atoms with Gasteiger partial charge in [-0.1, -0.05) is 12.1 Å². The molecule has 2 aromatic rings.